The normalized spacial score (nSPS) is 16.6. The summed E-state index contributed by atoms with van der Waals surface area (Å²) in [7, 11) is 1.94. The molecule has 0 unspecified atom stereocenters. The van der Waals surface area contributed by atoms with Crippen molar-refractivity contribution in [3.63, 3.8) is 0 Å². The van der Waals surface area contributed by atoms with Gasteiger partial charge in [-0.2, -0.15) is 0 Å². The van der Waals surface area contributed by atoms with Crippen LogP contribution in [-0.4, -0.2) is 34.1 Å². The number of hydrogen-bond acceptors (Lipinski definition) is 4. The number of halogens is 1. The van der Waals surface area contributed by atoms with Crippen molar-refractivity contribution < 1.29 is 9.90 Å². The van der Waals surface area contributed by atoms with Crippen LogP contribution in [0.15, 0.2) is 10.7 Å². The van der Waals surface area contributed by atoms with Gasteiger partial charge >= 0.3 is 5.97 Å². The topological polar surface area (TPSA) is 66.3 Å². The lowest BCUT2D eigenvalue weighted by molar-refractivity contribution is 0.0689. The van der Waals surface area contributed by atoms with Crippen LogP contribution in [0.3, 0.4) is 0 Å². The van der Waals surface area contributed by atoms with Gasteiger partial charge in [-0.3, -0.25) is 0 Å². The number of carbonyl (C=O) groups is 1. The first-order chi connectivity index (χ1) is 8.59. The van der Waals surface area contributed by atoms with Gasteiger partial charge < -0.3 is 10.0 Å². The van der Waals surface area contributed by atoms with E-state index < -0.39 is 5.97 Å². The molecule has 5 nitrogen and oxygen atoms in total. The minimum atomic E-state index is -1.04. The van der Waals surface area contributed by atoms with Crippen molar-refractivity contribution in [3.8, 4) is 0 Å². The number of anilines is 1. The molecule has 0 amide bonds. The Morgan fingerprint density at radius 1 is 1.44 bits per heavy atom. The lowest BCUT2D eigenvalue weighted by atomic mass is 9.95. The van der Waals surface area contributed by atoms with Gasteiger partial charge in [0.25, 0.3) is 0 Å². The lowest BCUT2D eigenvalue weighted by Crippen LogP contribution is -2.34. The summed E-state index contributed by atoms with van der Waals surface area (Å²) in [6.45, 7) is 0. The smallest absolute Gasteiger partial charge is 0.355 e. The SMILES string of the molecule is CN(c1ncc(Br)c(C(=O)O)n1)C1CCCCC1. The molecular weight excluding hydrogens is 298 g/mol. The van der Waals surface area contributed by atoms with E-state index in [1.54, 1.807) is 0 Å². The zero-order valence-electron chi connectivity index (χ0n) is 10.3. The van der Waals surface area contributed by atoms with Crippen LogP contribution in [0.25, 0.3) is 0 Å². The number of rotatable bonds is 3. The van der Waals surface area contributed by atoms with Gasteiger partial charge in [-0.1, -0.05) is 19.3 Å². The van der Waals surface area contributed by atoms with Crippen molar-refractivity contribution in [1.82, 2.24) is 9.97 Å². The first-order valence-electron chi connectivity index (χ1n) is 6.08. The highest BCUT2D eigenvalue weighted by atomic mass is 79.9. The van der Waals surface area contributed by atoms with Gasteiger partial charge in [-0.05, 0) is 28.8 Å². The van der Waals surface area contributed by atoms with E-state index in [9.17, 15) is 4.79 Å². The maximum atomic E-state index is 11.0. The predicted molar refractivity (Wildman–Crippen MR) is 72.0 cm³/mol. The maximum absolute atomic E-state index is 11.0. The summed E-state index contributed by atoms with van der Waals surface area (Å²) in [6.07, 6.45) is 7.47. The van der Waals surface area contributed by atoms with Gasteiger partial charge in [0.1, 0.15) is 0 Å². The fourth-order valence-electron chi connectivity index (χ4n) is 2.31. The van der Waals surface area contributed by atoms with Crippen molar-refractivity contribution >= 4 is 27.8 Å². The minimum Gasteiger partial charge on any atom is -0.476 e. The number of carboxylic acid groups (broad SMARTS) is 1. The van der Waals surface area contributed by atoms with Crippen LogP contribution in [0.1, 0.15) is 42.6 Å². The zero-order chi connectivity index (χ0) is 13.1. The van der Waals surface area contributed by atoms with Crippen LogP contribution < -0.4 is 4.90 Å². The summed E-state index contributed by atoms with van der Waals surface area (Å²) >= 11 is 3.15. The molecule has 1 heterocycles. The molecule has 1 aromatic rings. The first kappa shape index (κ1) is 13.3. The summed E-state index contributed by atoms with van der Waals surface area (Å²) < 4.78 is 0.413. The largest absolute Gasteiger partial charge is 0.476 e. The molecule has 0 aliphatic heterocycles. The Morgan fingerprint density at radius 2 is 2.11 bits per heavy atom. The highest BCUT2D eigenvalue weighted by Gasteiger charge is 2.21. The Labute approximate surface area is 114 Å². The molecule has 0 saturated heterocycles. The number of aromatic nitrogens is 2. The molecule has 2 rings (SSSR count). The van der Waals surface area contributed by atoms with E-state index in [1.165, 1.54) is 25.5 Å². The summed E-state index contributed by atoms with van der Waals surface area (Å²) in [4.78, 5) is 21.3. The Hall–Kier alpha value is -1.17. The summed E-state index contributed by atoms with van der Waals surface area (Å²) in [5, 5.41) is 9.04. The summed E-state index contributed by atoms with van der Waals surface area (Å²) in [6, 6.07) is 0.418. The second-order valence-corrected chi connectivity index (χ2v) is 5.43. The molecule has 0 spiro atoms. The fourth-order valence-corrected chi connectivity index (χ4v) is 2.67. The third kappa shape index (κ3) is 2.80. The van der Waals surface area contributed by atoms with Crippen molar-refractivity contribution in [2.75, 3.05) is 11.9 Å². The number of carboxylic acids is 1. The number of aromatic carboxylic acids is 1. The number of nitrogens with zero attached hydrogens (tertiary/aromatic N) is 3. The van der Waals surface area contributed by atoms with Gasteiger partial charge in [-0.25, -0.2) is 14.8 Å². The van der Waals surface area contributed by atoms with E-state index in [1.807, 2.05) is 11.9 Å². The molecule has 0 radical (unpaired) electrons. The molecule has 6 heteroatoms. The minimum absolute atomic E-state index is 0.0164. The molecule has 1 N–H and O–H groups in total. The van der Waals surface area contributed by atoms with E-state index >= 15 is 0 Å². The van der Waals surface area contributed by atoms with Gasteiger partial charge in [-0.15, -0.1) is 0 Å². The van der Waals surface area contributed by atoms with E-state index in [2.05, 4.69) is 25.9 Å². The highest BCUT2D eigenvalue weighted by Crippen LogP contribution is 2.25. The molecule has 0 atom stereocenters. The zero-order valence-corrected chi connectivity index (χ0v) is 11.9. The fraction of sp³-hybridized carbons (Fsp3) is 0.583. The molecule has 0 bridgehead atoms. The van der Waals surface area contributed by atoms with Crippen LogP contribution in [0.5, 0.6) is 0 Å². The van der Waals surface area contributed by atoms with Crippen molar-refractivity contribution in [1.29, 1.82) is 0 Å². The standard InChI is InChI=1S/C12H16BrN3O2/c1-16(8-5-3-2-4-6-8)12-14-7-9(13)10(15-12)11(17)18/h7-8H,2-6H2,1H3,(H,17,18). The van der Waals surface area contributed by atoms with E-state index in [0.29, 0.717) is 16.5 Å². The van der Waals surface area contributed by atoms with Gasteiger partial charge in [0.2, 0.25) is 5.95 Å². The van der Waals surface area contributed by atoms with E-state index in [-0.39, 0.29) is 5.69 Å². The van der Waals surface area contributed by atoms with Crippen molar-refractivity contribution in [3.05, 3.63) is 16.4 Å². The second kappa shape index (κ2) is 5.65. The summed E-state index contributed by atoms with van der Waals surface area (Å²) in [5.41, 5.74) is 0.0164. The maximum Gasteiger partial charge on any atom is 0.355 e. The van der Waals surface area contributed by atoms with Crippen LogP contribution in [0.2, 0.25) is 0 Å². The lowest BCUT2D eigenvalue weighted by Gasteiger charge is -2.31. The van der Waals surface area contributed by atoms with Crippen LogP contribution >= 0.6 is 15.9 Å². The second-order valence-electron chi connectivity index (χ2n) is 4.57. The third-order valence-corrected chi connectivity index (χ3v) is 3.95. The monoisotopic (exact) mass is 313 g/mol. The molecule has 18 heavy (non-hydrogen) atoms. The van der Waals surface area contributed by atoms with E-state index in [0.717, 1.165) is 12.8 Å². The molecule has 98 valence electrons. The molecule has 0 aromatic carbocycles. The molecule has 1 aliphatic carbocycles. The van der Waals surface area contributed by atoms with Gasteiger partial charge in [0.15, 0.2) is 5.69 Å². The van der Waals surface area contributed by atoms with Crippen LogP contribution in [-0.2, 0) is 0 Å². The molecule has 1 aliphatic rings. The Balaban J connectivity index is 2.21. The van der Waals surface area contributed by atoms with E-state index in [4.69, 9.17) is 5.11 Å². The third-order valence-electron chi connectivity index (χ3n) is 3.37. The predicted octanol–water partition coefficient (Wildman–Crippen LogP) is 2.71. The molecule has 1 aromatic heterocycles. The molecule has 1 fully saturated rings. The number of hydrogen-bond donors (Lipinski definition) is 1. The Kier molecular flexibility index (Phi) is 4.16. The Morgan fingerprint density at radius 3 is 2.72 bits per heavy atom. The average molecular weight is 314 g/mol. The van der Waals surface area contributed by atoms with Crippen LogP contribution in [0.4, 0.5) is 5.95 Å². The molecule has 1 saturated carbocycles. The first-order valence-corrected chi connectivity index (χ1v) is 6.87. The molecular formula is C12H16BrN3O2. The van der Waals surface area contributed by atoms with Gasteiger partial charge in [0.05, 0.1) is 4.47 Å². The van der Waals surface area contributed by atoms with Crippen molar-refractivity contribution in [2.45, 2.75) is 38.1 Å². The highest BCUT2D eigenvalue weighted by molar-refractivity contribution is 9.10. The summed E-state index contributed by atoms with van der Waals surface area (Å²) in [5.74, 6) is -0.551. The quantitative estimate of drug-likeness (QED) is 0.929. The van der Waals surface area contributed by atoms with Crippen molar-refractivity contribution in [2.24, 2.45) is 0 Å². The average Bonchev–Trinajstić information content (AvgIpc) is 2.39. The van der Waals surface area contributed by atoms with Crippen LogP contribution in [0, 0.1) is 0 Å². The van der Waals surface area contributed by atoms with Gasteiger partial charge in [0, 0.05) is 19.3 Å². The Bertz CT molecular complexity index is 447.